The number of carbonyl (C=O) groups excluding carboxylic acids is 2. The predicted molar refractivity (Wildman–Crippen MR) is 112 cm³/mol. The molecular formula is C24H22FNO4. The largest absolute Gasteiger partial charge is 0.508 e. The molecule has 0 unspecified atom stereocenters. The van der Waals surface area contributed by atoms with Crippen LogP contribution >= 0.6 is 0 Å². The number of carbonyl (C=O) groups is 2. The van der Waals surface area contributed by atoms with Crippen LogP contribution in [0.2, 0.25) is 0 Å². The highest BCUT2D eigenvalue weighted by molar-refractivity contribution is 5.92. The fourth-order valence-corrected chi connectivity index (χ4v) is 2.86. The summed E-state index contributed by atoms with van der Waals surface area (Å²) in [5.74, 6) is -1.11. The molecule has 0 radical (unpaired) electrons. The Hall–Kier alpha value is -3.67. The van der Waals surface area contributed by atoms with E-state index in [1.54, 1.807) is 60.7 Å². The molecule has 0 aliphatic rings. The Morgan fingerprint density at radius 2 is 1.50 bits per heavy atom. The topological polar surface area (TPSA) is 75.6 Å². The Labute approximate surface area is 174 Å². The second kappa shape index (κ2) is 9.69. The fraction of sp³-hybridized carbons (Fsp3) is 0.167. The standard InChI is InChI=1S/C24H22FNO4/c1-16(23(28)26-15-14-17-2-10-21(25)11-3-17)30-24(29)20-6-4-18(5-7-20)19-8-12-22(27)13-9-19/h2-13,16,27H,14-15H2,1H3,(H,26,28)/t16-/m0/s1. The number of aromatic hydroxyl groups is 1. The van der Waals surface area contributed by atoms with Gasteiger partial charge in [0.05, 0.1) is 5.56 Å². The van der Waals surface area contributed by atoms with Gasteiger partial charge in [-0.1, -0.05) is 36.4 Å². The van der Waals surface area contributed by atoms with Gasteiger partial charge in [0.15, 0.2) is 6.10 Å². The van der Waals surface area contributed by atoms with E-state index in [4.69, 9.17) is 4.74 Å². The maximum atomic E-state index is 12.9. The molecule has 0 fully saturated rings. The molecule has 0 aliphatic carbocycles. The van der Waals surface area contributed by atoms with Crippen molar-refractivity contribution in [1.29, 1.82) is 0 Å². The molecule has 1 atom stereocenters. The molecule has 0 spiro atoms. The molecule has 2 N–H and O–H groups in total. The van der Waals surface area contributed by atoms with Crippen LogP contribution in [0.5, 0.6) is 5.75 Å². The molecule has 6 heteroatoms. The van der Waals surface area contributed by atoms with Gasteiger partial charge in [-0.2, -0.15) is 0 Å². The van der Waals surface area contributed by atoms with Crippen LogP contribution in [0.25, 0.3) is 11.1 Å². The number of phenols is 1. The van der Waals surface area contributed by atoms with Crippen LogP contribution in [0.15, 0.2) is 72.8 Å². The summed E-state index contributed by atoms with van der Waals surface area (Å²) in [6, 6.07) is 19.6. The van der Waals surface area contributed by atoms with Gasteiger partial charge in [0, 0.05) is 6.54 Å². The van der Waals surface area contributed by atoms with Crippen molar-refractivity contribution in [2.24, 2.45) is 0 Å². The number of ether oxygens (including phenoxy) is 1. The van der Waals surface area contributed by atoms with E-state index in [1.165, 1.54) is 19.1 Å². The van der Waals surface area contributed by atoms with E-state index in [1.807, 2.05) is 0 Å². The van der Waals surface area contributed by atoms with Gasteiger partial charge in [-0.15, -0.1) is 0 Å². The number of rotatable bonds is 7. The quantitative estimate of drug-likeness (QED) is 0.578. The number of nitrogens with one attached hydrogen (secondary N) is 1. The lowest BCUT2D eigenvalue weighted by Gasteiger charge is -2.14. The van der Waals surface area contributed by atoms with Crippen LogP contribution in [0, 0.1) is 5.82 Å². The smallest absolute Gasteiger partial charge is 0.338 e. The van der Waals surface area contributed by atoms with E-state index in [2.05, 4.69) is 5.32 Å². The van der Waals surface area contributed by atoms with Gasteiger partial charge in [-0.3, -0.25) is 4.79 Å². The lowest BCUT2D eigenvalue weighted by molar-refractivity contribution is -0.129. The van der Waals surface area contributed by atoms with Crippen molar-refractivity contribution in [3.05, 3.63) is 89.7 Å². The van der Waals surface area contributed by atoms with Crippen molar-refractivity contribution < 1.29 is 23.8 Å². The second-order valence-electron chi connectivity index (χ2n) is 6.84. The maximum Gasteiger partial charge on any atom is 0.338 e. The van der Waals surface area contributed by atoms with Gasteiger partial charge in [-0.05, 0) is 66.4 Å². The minimum absolute atomic E-state index is 0.184. The third-order valence-corrected chi connectivity index (χ3v) is 4.60. The molecule has 1 amide bonds. The normalized spacial score (nSPS) is 11.5. The first-order valence-corrected chi connectivity index (χ1v) is 9.55. The lowest BCUT2D eigenvalue weighted by atomic mass is 10.0. The van der Waals surface area contributed by atoms with Crippen molar-refractivity contribution in [2.75, 3.05) is 6.54 Å². The minimum Gasteiger partial charge on any atom is -0.508 e. The fourth-order valence-electron chi connectivity index (χ4n) is 2.86. The number of halogens is 1. The van der Waals surface area contributed by atoms with Crippen molar-refractivity contribution in [3.8, 4) is 16.9 Å². The number of phenolic OH excluding ortho intramolecular Hbond substituents is 1. The summed E-state index contributed by atoms with van der Waals surface area (Å²) in [7, 11) is 0. The molecule has 3 aromatic rings. The number of amides is 1. The zero-order chi connectivity index (χ0) is 21.5. The van der Waals surface area contributed by atoms with Crippen LogP contribution in [0.3, 0.4) is 0 Å². The van der Waals surface area contributed by atoms with Gasteiger partial charge in [0.2, 0.25) is 0 Å². The van der Waals surface area contributed by atoms with Crippen LogP contribution in [0.1, 0.15) is 22.8 Å². The van der Waals surface area contributed by atoms with E-state index >= 15 is 0 Å². The molecule has 0 aliphatic heterocycles. The SMILES string of the molecule is C[C@H](OC(=O)c1ccc(-c2ccc(O)cc2)cc1)C(=O)NCCc1ccc(F)cc1. The maximum absolute atomic E-state index is 12.9. The van der Waals surface area contributed by atoms with Gasteiger partial charge >= 0.3 is 5.97 Å². The monoisotopic (exact) mass is 407 g/mol. The van der Waals surface area contributed by atoms with Crippen LogP contribution in [0.4, 0.5) is 4.39 Å². The second-order valence-corrected chi connectivity index (χ2v) is 6.84. The van der Waals surface area contributed by atoms with Gasteiger partial charge in [0.1, 0.15) is 11.6 Å². The summed E-state index contributed by atoms with van der Waals surface area (Å²) in [6.45, 7) is 1.86. The van der Waals surface area contributed by atoms with Crippen LogP contribution in [-0.2, 0) is 16.0 Å². The average Bonchev–Trinajstić information content (AvgIpc) is 2.75. The van der Waals surface area contributed by atoms with Crippen molar-refractivity contribution in [2.45, 2.75) is 19.4 Å². The highest BCUT2D eigenvalue weighted by atomic mass is 19.1. The molecule has 5 nitrogen and oxygen atoms in total. The molecule has 3 rings (SSSR count). The average molecular weight is 407 g/mol. The van der Waals surface area contributed by atoms with Gasteiger partial charge < -0.3 is 15.2 Å². The summed E-state index contributed by atoms with van der Waals surface area (Å²) in [4.78, 5) is 24.5. The van der Waals surface area contributed by atoms with E-state index in [9.17, 15) is 19.1 Å². The molecule has 30 heavy (non-hydrogen) atoms. The number of esters is 1. The molecule has 0 saturated carbocycles. The van der Waals surface area contributed by atoms with E-state index in [-0.39, 0.29) is 11.6 Å². The number of hydrogen-bond acceptors (Lipinski definition) is 4. The summed E-state index contributed by atoms with van der Waals surface area (Å²) in [6.07, 6.45) is -0.395. The molecule has 0 heterocycles. The Morgan fingerprint density at radius 1 is 0.933 bits per heavy atom. The zero-order valence-corrected chi connectivity index (χ0v) is 16.5. The molecule has 0 aromatic heterocycles. The Morgan fingerprint density at radius 3 is 2.10 bits per heavy atom. The third kappa shape index (κ3) is 5.67. The molecule has 3 aromatic carbocycles. The van der Waals surface area contributed by atoms with E-state index < -0.39 is 18.0 Å². The predicted octanol–water partition coefficient (Wildman–Crippen LogP) is 4.10. The highest BCUT2D eigenvalue weighted by Crippen LogP contribution is 2.22. The van der Waals surface area contributed by atoms with Gasteiger partial charge in [-0.25, -0.2) is 9.18 Å². The highest BCUT2D eigenvalue weighted by Gasteiger charge is 2.18. The summed E-state index contributed by atoms with van der Waals surface area (Å²) >= 11 is 0. The summed E-state index contributed by atoms with van der Waals surface area (Å²) < 4.78 is 18.1. The Bertz CT molecular complexity index is 999. The van der Waals surface area contributed by atoms with Crippen molar-refractivity contribution >= 4 is 11.9 Å². The number of benzene rings is 3. The Balaban J connectivity index is 1.49. The summed E-state index contributed by atoms with van der Waals surface area (Å²) in [5.41, 5.74) is 3.03. The molecule has 0 saturated heterocycles. The van der Waals surface area contributed by atoms with Crippen LogP contribution in [-0.4, -0.2) is 29.6 Å². The first-order valence-electron chi connectivity index (χ1n) is 9.55. The Kier molecular flexibility index (Phi) is 6.80. The minimum atomic E-state index is -0.942. The first kappa shape index (κ1) is 21.0. The van der Waals surface area contributed by atoms with Gasteiger partial charge in [0.25, 0.3) is 5.91 Å². The summed E-state index contributed by atoms with van der Waals surface area (Å²) in [5, 5.41) is 12.1. The molecule has 0 bridgehead atoms. The zero-order valence-electron chi connectivity index (χ0n) is 16.5. The van der Waals surface area contributed by atoms with E-state index in [0.717, 1.165) is 16.7 Å². The number of hydrogen-bond donors (Lipinski definition) is 2. The molecular weight excluding hydrogens is 385 g/mol. The van der Waals surface area contributed by atoms with E-state index in [0.29, 0.717) is 18.5 Å². The molecule has 154 valence electrons. The van der Waals surface area contributed by atoms with Crippen LogP contribution < -0.4 is 5.32 Å². The first-order chi connectivity index (χ1) is 14.4. The lowest BCUT2D eigenvalue weighted by Crippen LogP contribution is -2.36. The van der Waals surface area contributed by atoms with Crippen molar-refractivity contribution in [3.63, 3.8) is 0 Å². The van der Waals surface area contributed by atoms with Crippen molar-refractivity contribution in [1.82, 2.24) is 5.32 Å². The third-order valence-electron chi connectivity index (χ3n) is 4.60.